The van der Waals surface area contributed by atoms with Gasteiger partial charge in [0.15, 0.2) is 11.4 Å². The van der Waals surface area contributed by atoms with Crippen molar-refractivity contribution in [1.82, 2.24) is 0 Å². The van der Waals surface area contributed by atoms with Gasteiger partial charge in [0.2, 0.25) is 5.78 Å². The Hall–Kier alpha value is -3.24. The van der Waals surface area contributed by atoms with Gasteiger partial charge in [0.1, 0.15) is 28.7 Å². The second-order valence-corrected chi connectivity index (χ2v) is 7.50. The van der Waals surface area contributed by atoms with Crippen LogP contribution in [-0.2, 0) is 16.0 Å². The van der Waals surface area contributed by atoms with Gasteiger partial charge in [0.25, 0.3) is 5.91 Å². The lowest BCUT2D eigenvalue weighted by Crippen LogP contribution is -2.63. The number of hydrogen-bond acceptors (Lipinski definition) is 8. The monoisotopic (exact) mass is 404 g/mol. The minimum absolute atomic E-state index is 0.0599. The second-order valence-electron chi connectivity index (χ2n) is 7.50. The first-order valence-corrected chi connectivity index (χ1v) is 8.76. The van der Waals surface area contributed by atoms with Crippen molar-refractivity contribution in [3.8, 4) is 5.75 Å². The van der Waals surface area contributed by atoms with Crippen molar-refractivity contribution in [1.29, 1.82) is 0 Å². The summed E-state index contributed by atoms with van der Waals surface area (Å²) in [6.45, 7) is 0. The number of ketones is 2. The van der Waals surface area contributed by atoms with Crippen molar-refractivity contribution >= 4 is 17.5 Å². The molecule has 3 aliphatic carbocycles. The van der Waals surface area contributed by atoms with Crippen LogP contribution >= 0.6 is 0 Å². The van der Waals surface area contributed by atoms with Crippen molar-refractivity contribution in [2.75, 3.05) is 0 Å². The Labute approximate surface area is 162 Å². The molecule has 9 nitrogen and oxygen atoms in total. The number of benzene rings is 1. The van der Waals surface area contributed by atoms with Gasteiger partial charge in [-0.2, -0.15) is 0 Å². The zero-order valence-corrected chi connectivity index (χ0v) is 14.8. The molecule has 0 aromatic heterocycles. The van der Waals surface area contributed by atoms with Crippen molar-refractivity contribution in [3.05, 3.63) is 51.7 Å². The van der Waals surface area contributed by atoms with Crippen LogP contribution in [0.2, 0.25) is 0 Å². The summed E-state index contributed by atoms with van der Waals surface area (Å²) in [6, 6.07) is 0.547. The number of primary amides is 1. The van der Waals surface area contributed by atoms with Crippen LogP contribution in [0.15, 0.2) is 34.8 Å². The Morgan fingerprint density at radius 1 is 1.21 bits per heavy atom. The van der Waals surface area contributed by atoms with E-state index in [1.54, 1.807) is 0 Å². The summed E-state index contributed by atoms with van der Waals surface area (Å²) in [5.41, 5.74) is 6.50. The smallest absolute Gasteiger partial charge is 0.255 e. The largest absolute Gasteiger partial charge is 0.510 e. The van der Waals surface area contributed by atoms with Gasteiger partial charge in [-0.25, -0.2) is 4.39 Å². The van der Waals surface area contributed by atoms with E-state index in [0.29, 0.717) is 0 Å². The molecule has 3 aliphatic rings. The number of phenols is 1. The molecular formula is C19H17FN2O7. The van der Waals surface area contributed by atoms with E-state index in [1.165, 1.54) is 0 Å². The van der Waals surface area contributed by atoms with E-state index in [-0.39, 0.29) is 29.5 Å². The minimum atomic E-state index is -2.77. The lowest BCUT2D eigenvalue weighted by molar-refractivity contribution is -0.145. The van der Waals surface area contributed by atoms with Gasteiger partial charge >= 0.3 is 0 Å². The molecular weight excluding hydrogens is 387 g/mol. The molecule has 0 heterocycles. The number of Topliss-reactive ketones (excluding diaryl/α,β-unsaturated/α-hetero) is 2. The number of carbonyl (C=O) groups excluding carboxylic acids is 3. The van der Waals surface area contributed by atoms with E-state index >= 15 is 0 Å². The number of aromatic hydroxyl groups is 1. The van der Waals surface area contributed by atoms with E-state index in [1.807, 2.05) is 0 Å². The van der Waals surface area contributed by atoms with Crippen LogP contribution in [0.1, 0.15) is 22.3 Å². The lowest BCUT2D eigenvalue weighted by Gasteiger charge is -2.47. The quantitative estimate of drug-likeness (QED) is 0.343. The first-order chi connectivity index (χ1) is 13.5. The molecule has 8 N–H and O–H groups in total. The summed E-state index contributed by atoms with van der Waals surface area (Å²) in [4.78, 5) is 37.4. The first kappa shape index (κ1) is 19.1. The molecule has 0 fully saturated rings. The number of hydrogen-bond donors (Lipinski definition) is 6. The maximum atomic E-state index is 14.3. The highest BCUT2D eigenvalue weighted by atomic mass is 19.1. The van der Waals surface area contributed by atoms with Crippen molar-refractivity contribution in [2.45, 2.75) is 24.5 Å². The van der Waals surface area contributed by atoms with Crippen LogP contribution in [0.3, 0.4) is 0 Å². The molecule has 29 heavy (non-hydrogen) atoms. The van der Waals surface area contributed by atoms with Crippen LogP contribution in [0.25, 0.3) is 0 Å². The molecule has 4 atom stereocenters. The number of halogens is 1. The molecule has 152 valence electrons. The van der Waals surface area contributed by atoms with E-state index in [4.69, 9.17) is 11.5 Å². The molecule has 0 bridgehead atoms. The molecule has 1 aromatic rings. The van der Waals surface area contributed by atoms with E-state index < -0.39 is 69.6 Å². The molecule has 0 saturated carbocycles. The zero-order chi connectivity index (χ0) is 21.4. The summed E-state index contributed by atoms with van der Waals surface area (Å²) in [5.74, 6) is -8.90. The minimum Gasteiger partial charge on any atom is -0.510 e. The van der Waals surface area contributed by atoms with E-state index in [2.05, 4.69) is 0 Å². The molecule has 1 amide bonds. The number of aliphatic hydroxyl groups excluding tert-OH is 2. The number of allylic oxidation sites excluding steroid dienone is 1. The number of carbonyl (C=O) groups is 3. The van der Waals surface area contributed by atoms with Crippen LogP contribution in [0.5, 0.6) is 5.75 Å². The van der Waals surface area contributed by atoms with Gasteiger partial charge in [0, 0.05) is 17.1 Å². The van der Waals surface area contributed by atoms with Gasteiger partial charge in [0.05, 0.1) is 11.6 Å². The number of rotatable bonds is 1. The molecule has 4 rings (SSSR count). The molecule has 0 spiro atoms. The average molecular weight is 404 g/mol. The van der Waals surface area contributed by atoms with Gasteiger partial charge in [-0.05, 0) is 30.9 Å². The zero-order valence-electron chi connectivity index (χ0n) is 14.8. The Bertz CT molecular complexity index is 1080. The molecule has 0 saturated heterocycles. The summed E-state index contributed by atoms with van der Waals surface area (Å²) in [7, 11) is 0. The maximum absolute atomic E-state index is 14.3. The first-order valence-electron chi connectivity index (χ1n) is 8.76. The van der Waals surface area contributed by atoms with Crippen LogP contribution in [0.4, 0.5) is 4.39 Å². The topological polar surface area (TPSA) is 184 Å². The van der Waals surface area contributed by atoms with Gasteiger partial charge in [-0.1, -0.05) is 0 Å². The fourth-order valence-electron chi connectivity index (χ4n) is 4.68. The molecule has 0 aliphatic heterocycles. The third-order valence-corrected chi connectivity index (χ3v) is 6.08. The Morgan fingerprint density at radius 3 is 2.48 bits per heavy atom. The standard InChI is InChI=1S/C19H17FN2O7/c20-8-1-2-9(23)11-6(8)3-5-4-7-13(21)15(25)12(18(22)28)17(27)19(7,29)16(26)10(5)14(11)24/h1-2,5,7,13,23,25-26,29H,3-4,21H2,(H2,22,28)/t5-,7-,13-,19-/m0/s1. The highest BCUT2D eigenvalue weighted by Crippen LogP contribution is 2.51. The van der Waals surface area contributed by atoms with Gasteiger partial charge in [-0.3, -0.25) is 14.4 Å². The van der Waals surface area contributed by atoms with Gasteiger partial charge in [-0.15, -0.1) is 0 Å². The molecule has 0 unspecified atom stereocenters. The van der Waals surface area contributed by atoms with Crippen LogP contribution < -0.4 is 11.5 Å². The average Bonchev–Trinajstić information content (AvgIpc) is 2.65. The van der Waals surface area contributed by atoms with Crippen LogP contribution in [0, 0.1) is 17.7 Å². The fourth-order valence-corrected chi connectivity index (χ4v) is 4.68. The van der Waals surface area contributed by atoms with Crippen molar-refractivity contribution < 1.29 is 39.2 Å². The second kappa shape index (κ2) is 5.88. The third kappa shape index (κ3) is 2.23. The van der Waals surface area contributed by atoms with Gasteiger partial charge < -0.3 is 31.9 Å². The Balaban J connectivity index is 1.96. The van der Waals surface area contributed by atoms with Crippen molar-refractivity contribution in [2.24, 2.45) is 23.3 Å². The molecule has 0 radical (unpaired) electrons. The third-order valence-electron chi connectivity index (χ3n) is 6.08. The number of nitrogens with two attached hydrogens (primary N) is 2. The number of phenolic OH excluding ortho intramolecular Hbond substituents is 1. The predicted octanol–water partition coefficient (Wildman–Crippen LogP) is -0.343. The summed E-state index contributed by atoms with van der Waals surface area (Å²) >= 11 is 0. The Morgan fingerprint density at radius 2 is 1.86 bits per heavy atom. The predicted molar refractivity (Wildman–Crippen MR) is 94.1 cm³/mol. The van der Waals surface area contributed by atoms with Crippen LogP contribution in [-0.4, -0.2) is 49.5 Å². The number of fused-ring (bicyclic) bond motifs is 3. The normalized spacial score (nSPS) is 31.3. The number of aliphatic hydroxyl groups is 3. The molecule has 10 heteroatoms. The van der Waals surface area contributed by atoms with E-state index in [9.17, 15) is 39.2 Å². The fraction of sp³-hybridized carbons (Fsp3) is 0.316. The lowest BCUT2D eigenvalue weighted by atomic mass is 9.59. The Kier molecular flexibility index (Phi) is 3.87. The van der Waals surface area contributed by atoms with E-state index in [0.717, 1.165) is 12.1 Å². The highest BCUT2D eigenvalue weighted by Gasteiger charge is 2.62. The summed E-state index contributed by atoms with van der Waals surface area (Å²) in [5, 5.41) is 42.1. The molecule has 1 aromatic carbocycles. The summed E-state index contributed by atoms with van der Waals surface area (Å²) in [6.07, 6.45) is -0.277. The number of amides is 1. The SMILES string of the molecule is NC(=O)C1=C(O)[C@@H](N)[C@@H]2C[C@@H]3Cc4c(F)ccc(O)c4C(=O)C3=C(O)[C@]2(O)C1=O. The van der Waals surface area contributed by atoms with Crippen molar-refractivity contribution in [3.63, 3.8) is 0 Å². The maximum Gasteiger partial charge on any atom is 0.255 e. The summed E-state index contributed by atoms with van der Waals surface area (Å²) < 4.78 is 14.3. The highest BCUT2D eigenvalue weighted by molar-refractivity contribution is 6.24.